The van der Waals surface area contributed by atoms with Crippen molar-refractivity contribution in [2.45, 2.75) is 76.2 Å². The highest BCUT2D eigenvalue weighted by atomic mass is 32.2. The third-order valence-electron chi connectivity index (χ3n) is 6.57. The number of carboxylic acids is 1. The Labute approximate surface area is 198 Å². The summed E-state index contributed by atoms with van der Waals surface area (Å²) in [5, 5.41) is 14.7. The number of nitrogens with zero attached hydrogens (tertiary/aromatic N) is 1. The van der Waals surface area contributed by atoms with E-state index >= 15 is 0 Å². The molecular weight excluding hydrogens is 442 g/mol. The van der Waals surface area contributed by atoms with E-state index in [-0.39, 0.29) is 23.1 Å². The van der Waals surface area contributed by atoms with Gasteiger partial charge in [0.25, 0.3) is 5.91 Å². The van der Waals surface area contributed by atoms with Gasteiger partial charge in [0.2, 0.25) is 11.8 Å². The van der Waals surface area contributed by atoms with E-state index in [1.54, 1.807) is 49.6 Å². The van der Waals surface area contributed by atoms with E-state index in [0.717, 1.165) is 5.56 Å². The summed E-state index contributed by atoms with van der Waals surface area (Å²) in [6, 6.07) is 4.62. The van der Waals surface area contributed by atoms with Gasteiger partial charge in [-0.2, -0.15) is 0 Å². The average Bonchev–Trinajstić information content (AvgIpc) is 3.18. The topological polar surface area (TPSA) is 116 Å². The van der Waals surface area contributed by atoms with Crippen LogP contribution in [0.2, 0.25) is 0 Å². The molecule has 1 saturated heterocycles. The lowest BCUT2D eigenvalue weighted by atomic mass is 9.96. The van der Waals surface area contributed by atoms with Crippen LogP contribution >= 0.6 is 11.8 Å². The molecule has 0 spiro atoms. The van der Waals surface area contributed by atoms with Crippen LogP contribution in [0, 0.1) is 11.8 Å². The van der Waals surface area contributed by atoms with Crippen molar-refractivity contribution in [3.63, 3.8) is 0 Å². The van der Waals surface area contributed by atoms with Crippen molar-refractivity contribution >= 4 is 35.5 Å². The summed E-state index contributed by atoms with van der Waals surface area (Å²) in [6.07, 6.45) is 0.586. The largest absolute Gasteiger partial charge is 0.480 e. The predicted octanol–water partition coefficient (Wildman–Crippen LogP) is 2.79. The molecule has 3 rings (SSSR count). The van der Waals surface area contributed by atoms with Gasteiger partial charge in [0.1, 0.15) is 23.5 Å². The fraction of sp³-hybridized carbons (Fsp3) is 0.583. The number of carboxylic acid groups (broad SMARTS) is 1. The van der Waals surface area contributed by atoms with Gasteiger partial charge in [0, 0.05) is 10.3 Å². The molecule has 33 heavy (non-hydrogen) atoms. The number of nitrogens with one attached hydrogen (secondary N) is 2. The third kappa shape index (κ3) is 4.60. The quantitative estimate of drug-likeness (QED) is 0.533. The van der Waals surface area contributed by atoms with Crippen molar-refractivity contribution in [1.29, 1.82) is 0 Å². The summed E-state index contributed by atoms with van der Waals surface area (Å²) >= 11 is 1.55. The van der Waals surface area contributed by atoms with Gasteiger partial charge in [-0.25, -0.2) is 4.79 Å². The first-order valence-electron chi connectivity index (χ1n) is 11.3. The molecule has 0 saturated carbocycles. The zero-order valence-electron chi connectivity index (χ0n) is 19.9. The average molecular weight is 476 g/mol. The molecule has 2 aliphatic rings. The van der Waals surface area contributed by atoms with Crippen LogP contribution in [0.1, 0.15) is 69.3 Å². The van der Waals surface area contributed by atoms with Crippen molar-refractivity contribution in [2.75, 3.05) is 0 Å². The minimum atomic E-state index is -1.11. The molecule has 0 aliphatic carbocycles. The number of thioether (sulfide) groups is 1. The summed E-state index contributed by atoms with van der Waals surface area (Å²) in [4.78, 5) is 53.0. The van der Waals surface area contributed by atoms with Crippen LogP contribution in [0.25, 0.3) is 0 Å². The SMILES string of the molecule is CC[C@@H](C)[C@H](NC(=O)[C@@H](NC(=O)[C@@H]1N2C(=O)c3ccccc3[C@H]2SC1(C)C)C(C)C)C(=O)O. The Morgan fingerprint density at radius 2 is 1.76 bits per heavy atom. The molecule has 3 N–H and O–H groups in total. The summed E-state index contributed by atoms with van der Waals surface area (Å²) < 4.78 is -0.573. The predicted molar refractivity (Wildman–Crippen MR) is 127 cm³/mol. The summed E-state index contributed by atoms with van der Waals surface area (Å²) in [7, 11) is 0. The highest BCUT2D eigenvalue weighted by Crippen LogP contribution is 2.56. The van der Waals surface area contributed by atoms with Crippen LogP contribution in [0.4, 0.5) is 0 Å². The number of benzene rings is 1. The Kier molecular flexibility index (Phi) is 7.12. The molecule has 5 atom stereocenters. The van der Waals surface area contributed by atoms with E-state index in [0.29, 0.717) is 12.0 Å². The first-order chi connectivity index (χ1) is 15.4. The Morgan fingerprint density at radius 1 is 1.12 bits per heavy atom. The molecule has 1 fully saturated rings. The van der Waals surface area contributed by atoms with Gasteiger partial charge in [-0.3, -0.25) is 14.4 Å². The van der Waals surface area contributed by atoms with Gasteiger partial charge >= 0.3 is 5.97 Å². The maximum absolute atomic E-state index is 13.5. The molecule has 8 nitrogen and oxygen atoms in total. The van der Waals surface area contributed by atoms with E-state index in [9.17, 15) is 24.3 Å². The molecule has 0 bridgehead atoms. The smallest absolute Gasteiger partial charge is 0.326 e. The lowest BCUT2D eigenvalue weighted by Crippen LogP contribution is -2.60. The molecule has 2 aliphatic heterocycles. The first-order valence-corrected chi connectivity index (χ1v) is 12.2. The van der Waals surface area contributed by atoms with Gasteiger partial charge in [0.05, 0.1) is 0 Å². The summed E-state index contributed by atoms with van der Waals surface area (Å²) in [5.74, 6) is -2.80. The molecule has 1 aromatic carbocycles. The van der Waals surface area contributed by atoms with Crippen LogP contribution in [0.3, 0.4) is 0 Å². The van der Waals surface area contributed by atoms with Gasteiger partial charge in [-0.15, -0.1) is 11.8 Å². The molecule has 3 amide bonds. The van der Waals surface area contributed by atoms with Crippen molar-refractivity contribution in [3.05, 3.63) is 35.4 Å². The normalized spacial score (nSPS) is 23.5. The van der Waals surface area contributed by atoms with Crippen LogP contribution in [-0.2, 0) is 14.4 Å². The van der Waals surface area contributed by atoms with Crippen molar-refractivity contribution in [3.8, 4) is 0 Å². The number of fused-ring (bicyclic) bond motifs is 3. The minimum absolute atomic E-state index is 0.193. The third-order valence-corrected chi connectivity index (χ3v) is 8.10. The zero-order valence-corrected chi connectivity index (χ0v) is 20.7. The van der Waals surface area contributed by atoms with Gasteiger partial charge < -0.3 is 20.6 Å². The van der Waals surface area contributed by atoms with E-state index in [1.165, 1.54) is 0 Å². The second-order valence-electron chi connectivity index (χ2n) is 9.72. The van der Waals surface area contributed by atoms with Crippen molar-refractivity contribution in [1.82, 2.24) is 15.5 Å². The number of hydrogen-bond acceptors (Lipinski definition) is 5. The Balaban J connectivity index is 1.82. The lowest BCUT2D eigenvalue weighted by Gasteiger charge is -2.32. The number of carbonyl (C=O) groups excluding carboxylic acids is 3. The van der Waals surface area contributed by atoms with E-state index < -0.39 is 40.7 Å². The van der Waals surface area contributed by atoms with Crippen LogP contribution in [-0.4, -0.2) is 56.6 Å². The summed E-state index contributed by atoms with van der Waals surface area (Å²) in [6.45, 7) is 11.0. The fourth-order valence-corrected chi connectivity index (χ4v) is 6.09. The van der Waals surface area contributed by atoms with E-state index in [2.05, 4.69) is 10.6 Å². The number of rotatable bonds is 8. The lowest BCUT2D eigenvalue weighted by molar-refractivity contribution is -0.144. The van der Waals surface area contributed by atoms with Crippen molar-refractivity contribution in [2.24, 2.45) is 11.8 Å². The molecule has 180 valence electrons. The molecule has 0 unspecified atom stereocenters. The molecular formula is C24H33N3O5S. The minimum Gasteiger partial charge on any atom is -0.480 e. The van der Waals surface area contributed by atoms with Crippen LogP contribution in [0.15, 0.2) is 24.3 Å². The van der Waals surface area contributed by atoms with E-state index in [1.807, 2.05) is 32.9 Å². The van der Waals surface area contributed by atoms with Gasteiger partial charge in [-0.05, 0) is 37.3 Å². The molecule has 9 heteroatoms. The monoisotopic (exact) mass is 475 g/mol. The first kappa shape index (κ1) is 25.1. The number of aliphatic carboxylic acids is 1. The van der Waals surface area contributed by atoms with Crippen LogP contribution < -0.4 is 10.6 Å². The maximum Gasteiger partial charge on any atom is 0.326 e. The molecule has 0 radical (unpaired) electrons. The Bertz CT molecular complexity index is 963. The summed E-state index contributed by atoms with van der Waals surface area (Å²) in [5.41, 5.74) is 1.49. The highest BCUT2D eigenvalue weighted by Gasteiger charge is 2.57. The number of amides is 3. The molecule has 1 aromatic rings. The highest BCUT2D eigenvalue weighted by molar-refractivity contribution is 8.01. The molecule has 2 heterocycles. The number of hydrogen-bond donors (Lipinski definition) is 3. The van der Waals surface area contributed by atoms with Gasteiger partial charge in [-0.1, -0.05) is 52.3 Å². The molecule has 0 aromatic heterocycles. The zero-order chi connectivity index (χ0) is 24.7. The second-order valence-corrected chi connectivity index (χ2v) is 11.5. The Morgan fingerprint density at radius 3 is 2.33 bits per heavy atom. The van der Waals surface area contributed by atoms with E-state index in [4.69, 9.17) is 0 Å². The number of carbonyl (C=O) groups is 4. The van der Waals surface area contributed by atoms with Gasteiger partial charge in [0.15, 0.2) is 0 Å². The maximum atomic E-state index is 13.5. The van der Waals surface area contributed by atoms with Crippen molar-refractivity contribution < 1.29 is 24.3 Å². The second kappa shape index (κ2) is 9.37. The standard InChI is InChI=1S/C24H33N3O5S/c1-7-13(4)17(23(31)32)26-19(28)16(12(2)3)25-20(29)18-24(5,6)33-22-15-11-9-8-10-14(15)21(30)27(18)22/h8-13,16-18,22H,7H2,1-6H3,(H,25,29)(H,26,28)(H,31,32)/t13-,16+,17+,18+,22-/m1/s1. The van der Waals surface area contributed by atoms with Crippen LogP contribution in [0.5, 0.6) is 0 Å². The fourth-order valence-electron chi connectivity index (χ4n) is 4.50. The Hall–Kier alpha value is -2.55.